The van der Waals surface area contributed by atoms with E-state index in [2.05, 4.69) is 83.1 Å². The van der Waals surface area contributed by atoms with Gasteiger partial charge in [-0.2, -0.15) is 0 Å². The van der Waals surface area contributed by atoms with Gasteiger partial charge in [0, 0.05) is 0 Å². The predicted octanol–water partition coefficient (Wildman–Crippen LogP) is 16.4. The number of esters is 4. The van der Waals surface area contributed by atoms with Gasteiger partial charge in [-0.05, 0) is 182 Å². The van der Waals surface area contributed by atoms with Crippen molar-refractivity contribution in [1.82, 2.24) is 0 Å². The normalized spacial score (nSPS) is 13.1. The van der Waals surface area contributed by atoms with E-state index in [9.17, 15) is 19.2 Å². The van der Waals surface area contributed by atoms with Gasteiger partial charge in [-0.25, -0.2) is 0 Å². The highest BCUT2D eigenvalue weighted by Crippen LogP contribution is 2.29. The molecule has 0 amide bonds. The van der Waals surface area contributed by atoms with E-state index < -0.39 is 0 Å². The number of carbonyl (C=O) groups is 4. The minimum absolute atomic E-state index is 0.0347. The fraction of sp³-hybridized carbons (Fsp3) is 0.929. The van der Waals surface area contributed by atoms with Crippen LogP contribution in [0.15, 0.2) is 0 Å². The third-order valence-corrected chi connectivity index (χ3v) is 11.8. The molecular formula is C56H112O8. The molecule has 0 N–H and O–H groups in total. The van der Waals surface area contributed by atoms with Gasteiger partial charge in [0.05, 0.1) is 28.3 Å². The first-order chi connectivity index (χ1) is 28.6. The lowest BCUT2D eigenvalue weighted by molar-refractivity contribution is -0.166. The van der Waals surface area contributed by atoms with Crippen LogP contribution in [0.4, 0.5) is 0 Å². The molecule has 0 rings (SSSR count). The molecule has 0 bridgehead atoms. The largest absolute Gasteiger partial charge is 0.465 e. The van der Waals surface area contributed by atoms with Crippen molar-refractivity contribution in [3.8, 4) is 0 Å². The van der Waals surface area contributed by atoms with Crippen LogP contribution in [-0.4, -0.2) is 48.3 Å². The molecule has 0 aromatic rings. The first kappa shape index (κ1) is 68.5. The Labute approximate surface area is 399 Å². The quantitative estimate of drug-likeness (QED) is 0.0737. The van der Waals surface area contributed by atoms with E-state index in [-0.39, 0.29) is 63.3 Å². The average molecular weight is 914 g/mol. The number of hydrogen-bond donors (Lipinski definition) is 0. The Kier molecular flexibility index (Phi) is 34.0. The number of carbonyl (C=O) groups excluding carboxylic acids is 4. The molecule has 0 radical (unpaired) electrons. The Morgan fingerprint density at radius 2 is 0.719 bits per heavy atom. The summed E-state index contributed by atoms with van der Waals surface area (Å²) in [7, 11) is 0. The fourth-order valence-corrected chi connectivity index (χ4v) is 5.68. The van der Waals surface area contributed by atoms with Gasteiger partial charge in [0.15, 0.2) is 0 Å². The van der Waals surface area contributed by atoms with Crippen LogP contribution in [0, 0.1) is 56.7 Å². The maximum Gasteiger partial charge on any atom is 0.312 e. The first-order valence-corrected chi connectivity index (χ1v) is 25.5. The second-order valence-electron chi connectivity index (χ2n) is 25.2. The van der Waals surface area contributed by atoms with Gasteiger partial charge in [-0.3, -0.25) is 19.2 Å². The van der Waals surface area contributed by atoms with Crippen molar-refractivity contribution in [3.05, 3.63) is 0 Å². The molecule has 0 aromatic heterocycles. The van der Waals surface area contributed by atoms with E-state index in [1.165, 1.54) is 0 Å². The highest BCUT2D eigenvalue weighted by atomic mass is 16.6. The highest BCUT2D eigenvalue weighted by Gasteiger charge is 2.32. The monoisotopic (exact) mass is 913 g/mol. The molecule has 0 aliphatic rings. The second-order valence-corrected chi connectivity index (χ2v) is 25.2. The van der Waals surface area contributed by atoms with Gasteiger partial charge in [0.1, 0.15) is 17.8 Å². The van der Waals surface area contributed by atoms with E-state index in [1.54, 1.807) is 0 Å². The van der Waals surface area contributed by atoms with Crippen LogP contribution >= 0.6 is 0 Å². The summed E-state index contributed by atoms with van der Waals surface area (Å²) in [5.41, 5.74) is -1.48. The minimum atomic E-state index is -0.372. The van der Waals surface area contributed by atoms with E-state index in [0.717, 1.165) is 70.6 Å². The molecule has 1 unspecified atom stereocenters. The molecule has 0 saturated carbocycles. The van der Waals surface area contributed by atoms with Crippen molar-refractivity contribution in [2.45, 2.75) is 275 Å². The molecule has 0 saturated heterocycles. The van der Waals surface area contributed by atoms with Crippen molar-refractivity contribution in [1.29, 1.82) is 0 Å². The van der Waals surface area contributed by atoms with Crippen molar-refractivity contribution >= 4 is 23.9 Å². The second kappa shape index (κ2) is 31.8. The highest BCUT2D eigenvalue weighted by molar-refractivity contribution is 5.77. The standard InChI is InChI=1S/C17H34O2.C15H30O2.C14H28O2.C10H20O2/c1-8-17(6,7)16(18)19-15(11-9-13(2)3)12-10-14(4)5;1-8-15(6,7)14(16)17-13(9-11(2)3)10-12(4)5;1-8-14(6,7)12(15)16-10-11(2)9-13(3,4)5;1-7-10(5,6)8(11)12-9(2,3)4/h13-15H,8-12H2,1-7H3;11-13H,8-10H2,1-7H3;11H,8-10H2,1-7H3;7H2,1-6H3. The van der Waals surface area contributed by atoms with Gasteiger partial charge >= 0.3 is 23.9 Å². The topological polar surface area (TPSA) is 105 Å². The number of ether oxygens (including phenoxy) is 4. The molecule has 0 aliphatic carbocycles. The Bertz CT molecular complexity index is 1230. The Balaban J connectivity index is -0.000000379. The Morgan fingerprint density at radius 3 is 1.00 bits per heavy atom. The Hall–Kier alpha value is -2.12. The summed E-state index contributed by atoms with van der Waals surface area (Å²) in [5.74, 6) is 2.62. The molecule has 0 fully saturated rings. The molecule has 8 heteroatoms. The summed E-state index contributed by atoms with van der Waals surface area (Å²) in [6, 6.07) is 0. The number of rotatable bonds is 23. The van der Waals surface area contributed by atoms with Crippen LogP contribution in [-0.2, 0) is 38.1 Å². The van der Waals surface area contributed by atoms with E-state index in [4.69, 9.17) is 18.9 Å². The van der Waals surface area contributed by atoms with Crippen LogP contribution in [0.1, 0.15) is 258 Å². The van der Waals surface area contributed by atoms with E-state index >= 15 is 0 Å². The smallest absolute Gasteiger partial charge is 0.312 e. The van der Waals surface area contributed by atoms with Crippen molar-refractivity contribution < 1.29 is 38.1 Å². The van der Waals surface area contributed by atoms with Gasteiger partial charge in [-0.15, -0.1) is 0 Å². The molecule has 64 heavy (non-hydrogen) atoms. The summed E-state index contributed by atoms with van der Waals surface area (Å²) in [5, 5.41) is 0. The maximum absolute atomic E-state index is 12.2. The first-order valence-electron chi connectivity index (χ1n) is 25.5. The molecule has 1 atom stereocenters. The summed E-state index contributed by atoms with van der Waals surface area (Å²) in [6.07, 6.45) is 10.7. The summed E-state index contributed by atoms with van der Waals surface area (Å²) in [6.45, 7) is 56.1. The molecule has 0 aliphatic heterocycles. The molecule has 0 aromatic carbocycles. The van der Waals surface area contributed by atoms with E-state index in [1.807, 2.05) is 104 Å². The lowest BCUT2D eigenvalue weighted by Gasteiger charge is -2.27. The SMILES string of the molecule is CCC(C)(C)C(=O)OC(C)(C)C.CCC(C)(C)C(=O)OC(CC(C)C)CC(C)C.CCC(C)(C)C(=O)OC(CCC(C)C)CCC(C)C.CCC(C)(C)C(=O)OCC(C)CC(C)(C)C. The van der Waals surface area contributed by atoms with Crippen LogP contribution in [0.25, 0.3) is 0 Å². The van der Waals surface area contributed by atoms with Crippen molar-refractivity contribution in [3.63, 3.8) is 0 Å². The summed E-state index contributed by atoms with van der Waals surface area (Å²) < 4.78 is 22.1. The van der Waals surface area contributed by atoms with Crippen molar-refractivity contribution in [2.75, 3.05) is 6.61 Å². The average Bonchev–Trinajstić information content (AvgIpc) is 3.13. The minimum Gasteiger partial charge on any atom is -0.465 e. The van der Waals surface area contributed by atoms with Crippen LogP contribution in [0.2, 0.25) is 0 Å². The molecule has 0 heterocycles. The molecule has 8 nitrogen and oxygen atoms in total. The summed E-state index contributed by atoms with van der Waals surface area (Å²) >= 11 is 0. The van der Waals surface area contributed by atoms with E-state index in [0.29, 0.717) is 41.6 Å². The zero-order chi connectivity index (χ0) is 51.7. The third kappa shape index (κ3) is 37.0. The van der Waals surface area contributed by atoms with Crippen LogP contribution in [0.5, 0.6) is 0 Å². The van der Waals surface area contributed by atoms with Crippen LogP contribution in [0.3, 0.4) is 0 Å². The lowest BCUT2D eigenvalue weighted by atomic mass is 9.86. The fourth-order valence-electron chi connectivity index (χ4n) is 5.68. The Morgan fingerprint density at radius 1 is 0.406 bits per heavy atom. The molecule has 0 spiro atoms. The lowest BCUT2D eigenvalue weighted by Crippen LogP contribution is -2.33. The van der Waals surface area contributed by atoms with Gasteiger partial charge in [0.2, 0.25) is 0 Å². The van der Waals surface area contributed by atoms with Crippen molar-refractivity contribution in [2.24, 2.45) is 56.7 Å². The predicted molar refractivity (Wildman–Crippen MR) is 273 cm³/mol. The molecule has 384 valence electrons. The van der Waals surface area contributed by atoms with Gasteiger partial charge in [0.25, 0.3) is 0 Å². The third-order valence-electron chi connectivity index (χ3n) is 11.8. The zero-order valence-corrected chi connectivity index (χ0v) is 47.8. The molecular weight excluding hydrogens is 801 g/mol. The number of hydrogen-bond acceptors (Lipinski definition) is 8. The zero-order valence-electron chi connectivity index (χ0n) is 47.8. The van der Waals surface area contributed by atoms with Gasteiger partial charge in [-0.1, -0.05) is 111 Å². The maximum atomic E-state index is 12.2. The summed E-state index contributed by atoms with van der Waals surface area (Å²) in [4.78, 5) is 47.5. The van der Waals surface area contributed by atoms with Gasteiger partial charge < -0.3 is 18.9 Å². The van der Waals surface area contributed by atoms with Crippen LogP contribution < -0.4 is 0 Å².